The van der Waals surface area contributed by atoms with Gasteiger partial charge in [-0.05, 0) is 72.7 Å². The Labute approximate surface area is 195 Å². The molecule has 0 unspecified atom stereocenters. The first-order valence-electron chi connectivity index (χ1n) is 11.5. The molecule has 34 heavy (non-hydrogen) atoms. The van der Waals surface area contributed by atoms with E-state index in [1.165, 1.54) is 13.0 Å². The molecule has 3 aromatic rings. The molecule has 1 aromatic heterocycles. The predicted molar refractivity (Wildman–Crippen MR) is 121 cm³/mol. The highest BCUT2D eigenvalue weighted by Crippen LogP contribution is 2.41. The van der Waals surface area contributed by atoms with E-state index in [-0.39, 0.29) is 36.0 Å². The summed E-state index contributed by atoms with van der Waals surface area (Å²) in [5.74, 6) is -0.284. The lowest BCUT2D eigenvalue weighted by Gasteiger charge is -2.35. The van der Waals surface area contributed by atoms with Crippen molar-refractivity contribution in [1.29, 1.82) is 0 Å². The van der Waals surface area contributed by atoms with Gasteiger partial charge in [0.1, 0.15) is 0 Å². The van der Waals surface area contributed by atoms with E-state index < -0.39 is 17.8 Å². The molecule has 2 aromatic carbocycles. The van der Waals surface area contributed by atoms with E-state index in [0.29, 0.717) is 29.5 Å². The zero-order valence-corrected chi connectivity index (χ0v) is 18.8. The summed E-state index contributed by atoms with van der Waals surface area (Å²) in [6, 6.07) is 10.1. The van der Waals surface area contributed by atoms with Crippen LogP contribution in [0.3, 0.4) is 0 Å². The van der Waals surface area contributed by atoms with Crippen LogP contribution in [0.5, 0.6) is 0 Å². The van der Waals surface area contributed by atoms with Crippen LogP contribution in [0.1, 0.15) is 63.9 Å². The Hall–Kier alpha value is -3.13. The maximum atomic E-state index is 14.2. The number of aliphatic hydroxyl groups is 1. The molecule has 178 valence electrons. The minimum atomic E-state index is -4.54. The van der Waals surface area contributed by atoms with Crippen LogP contribution in [0.2, 0.25) is 0 Å². The number of benzene rings is 2. The van der Waals surface area contributed by atoms with Crippen LogP contribution in [0, 0.1) is 6.92 Å². The molecule has 2 aliphatic rings. The van der Waals surface area contributed by atoms with Crippen LogP contribution < -0.4 is 0 Å². The lowest BCUT2D eigenvalue weighted by molar-refractivity contribution is -0.138. The number of amides is 1. The van der Waals surface area contributed by atoms with Crippen molar-refractivity contribution in [2.75, 3.05) is 0 Å². The van der Waals surface area contributed by atoms with Gasteiger partial charge in [0.05, 0.1) is 23.4 Å². The van der Waals surface area contributed by atoms with Gasteiger partial charge in [0.25, 0.3) is 5.91 Å². The molecular weight excluding hydrogens is 443 g/mol. The molecule has 5 rings (SSSR count). The molecule has 2 heterocycles. The minimum absolute atomic E-state index is 0.0572. The van der Waals surface area contributed by atoms with Crippen molar-refractivity contribution >= 4 is 5.91 Å². The van der Waals surface area contributed by atoms with E-state index in [4.69, 9.17) is 0 Å². The smallest absolute Gasteiger partial charge is 0.391 e. The standard InChI is InChI=1S/C26H26F3N3O2/c1-16-21-15-31(22-5-2-3-6-23(22)33)25(34)20(21)14-18(24(16)26(27,28)29)13-17-7-9-19(10-8-17)32-12-4-11-30-32/h4,7-12,14,22-23,33H,2-3,5-6,13,15H2,1H3/t22-,23-/m0/s1. The molecule has 0 radical (unpaired) electrons. The zero-order valence-electron chi connectivity index (χ0n) is 18.8. The third-order valence-corrected chi connectivity index (χ3v) is 7.09. The Morgan fingerprint density at radius 3 is 2.53 bits per heavy atom. The predicted octanol–water partition coefficient (Wildman–Crippen LogP) is 5.05. The Morgan fingerprint density at radius 1 is 1.15 bits per heavy atom. The second kappa shape index (κ2) is 8.58. The normalized spacial score (nSPS) is 20.6. The lowest BCUT2D eigenvalue weighted by atomic mass is 9.90. The highest BCUT2D eigenvalue weighted by atomic mass is 19.4. The fourth-order valence-electron chi connectivity index (χ4n) is 5.38. The molecule has 1 saturated carbocycles. The van der Waals surface area contributed by atoms with E-state index in [0.717, 1.165) is 18.5 Å². The van der Waals surface area contributed by atoms with Crippen molar-refractivity contribution < 1.29 is 23.1 Å². The van der Waals surface area contributed by atoms with Crippen molar-refractivity contribution in [2.24, 2.45) is 0 Å². The van der Waals surface area contributed by atoms with Crippen LogP contribution in [0.4, 0.5) is 13.2 Å². The lowest BCUT2D eigenvalue weighted by Crippen LogP contribution is -2.45. The van der Waals surface area contributed by atoms with Gasteiger partial charge in [-0.1, -0.05) is 25.0 Å². The van der Waals surface area contributed by atoms with Crippen molar-refractivity contribution in [3.05, 3.63) is 82.2 Å². The van der Waals surface area contributed by atoms with Crippen molar-refractivity contribution in [3.8, 4) is 5.69 Å². The van der Waals surface area contributed by atoms with Gasteiger partial charge in [0.2, 0.25) is 0 Å². The average molecular weight is 470 g/mol. The second-order valence-electron chi connectivity index (χ2n) is 9.21. The van der Waals surface area contributed by atoms with Gasteiger partial charge in [-0.3, -0.25) is 4.79 Å². The zero-order chi connectivity index (χ0) is 24.0. The number of carbonyl (C=O) groups excluding carboxylic acids is 1. The van der Waals surface area contributed by atoms with Crippen LogP contribution >= 0.6 is 0 Å². The number of hydrogen-bond acceptors (Lipinski definition) is 3. The second-order valence-corrected chi connectivity index (χ2v) is 9.21. The first kappa shape index (κ1) is 22.7. The Kier molecular flexibility index (Phi) is 5.72. The molecule has 0 spiro atoms. The molecule has 2 atom stereocenters. The summed E-state index contributed by atoms with van der Waals surface area (Å²) >= 11 is 0. The highest BCUT2D eigenvalue weighted by Gasteiger charge is 2.42. The van der Waals surface area contributed by atoms with E-state index in [1.807, 2.05) is 12.1 Å². The van der Waals surface area contributed by atoms with E-state index in [9.17, 15) is 23.1 Å². The monoisotopic (exact) mass is 469 g/mol. The van der Waals surface area contributed by atoms with Gasteiger partial charge in [-0.2, -0.15) is 18.3 Å². The fourth-order valence-corrected chi connectivity index (χ4v) is 5.38. The summed E-state index contributed by atoms with van der Waals surface area (Å²) in [6.45, 7) is 1.57. The van der Waals surface area contributed by atoms with Gasteiger partial charge in [0.15, 0.2) is 0 Å². The number of halogens is 3. The van der Waals surface area contributed by atoms with Crippen LogP contribution in [0.25, 0.3) is 5.69 Å². The fraction of sp³-hybridized carbons (Fsp3) is 0.385. The summed E-state index contributed by atoms with van der Waals surface area (Å²) in [7, 11) is 0. The van der Waals surface area contributed by atoms with Gasteiger partial charge < -0.3 is 10.0 Å². The van der Waals surface area contributed by atoms with Crippen LogP contribution in [-0.2, 0) is 19.1 Å². The van der Waals surface area contributed by atoms with E-state index in [2.05, 4.69) is 5.10 Å². The van der Waals surface area contributed by atoms with Gasteiger partial charge in [0, 0.05) is 24.5 Å². The largest absolute Gasteiger partial charge is 0.416 e. The number of hydrogen-bond donors (Lipinski definition) is 1. The third-order valence-electron chi connectivity index (χ3n) is 7.09. The van der Waals surface area contributed by atoms with Crippen molar-refractivity contribution in [2.45, 2.75) is 63.9 Å². The van der Waals surface area contributed by atoms with Gasteiger partial charge >= 0.3 is 6.18 Å². The number of aromatic nitrogens is 2. The molecular formula is C26H26F3N3O2. The first-order chi connectivity index (χ1) is 16.2. The Morgan fingerprint density at radius 2 is 1.88 bits per heavy atom. The molecule has 1 N–H and O–H groups in total. The van der Waals surface area contributed by atoms with Crippen LogP contribution in [0.15, 0.2) is 48.8 Å². The first-order valence-corrected chi connectivity index (χ1v) is 11.5. The molecule has 1 aliphatic carbocycles. The topological polar surface area (TPSA) is 58.4 Å². The quantitative estimate of drug-likeness (QED) is 0.582. The van der Waals surface area contributed by atoms with Crippen LogP contribution in [-0.4, -0.2) is 37.8 Å². The summed E-state index contributed by atoms with van der Waals surface area (Å²) in [6.07, 6.45) is 1.40. The summed E-state index contributed by atoms with van der Waals surface area (Å²) in [5.41, 5.74) is 1.81. The number of aliphatic hydroxyl groups excluding tert-OH is 1. The molecule has 1 aliphatic heterocycles. The molecule has 8 heteroatoms. The molecule has 1 amide bonds. The minimum Gasteiger partial charge on any atom is -0.391 e. The molecule has 5 nitrogen and oxygen atoms in total. The number of alkyl halides is 3. The summed E-state index contributed by atoms with van der Waals surface area (Å²) in [5, 5.41) is 14.6. The maximum absolute atomic E-state index is 14.2. The Balaban J connectivity index is 1.50. The number of carbonyl (C=O) groups is 1. The average Bonchev–Trinajstić information content (AvgIpc) is 3.43. The molecule has 0 saturated heterocycles. The summed E-state index contributed by atoms with van der Waals surface area (Å²) < 4.78 is 44.3. The SMILES string of the molecule is Cc1c2c(cc(Cc3ccc(-n4cccn4)cc3)c1C(F)(F)F)C(=O)N([C@H]1CCCC[C@@H]1O)C2. The number of nitrogens with zero attached hydrogens (tertiary/aromatic N) is 3. The van der Waals surface area contributed by atoms with Gasteiger partial charge in [-0.15, -0.1) is 0 Å². The third kappa shape index (κ3) is 4.00. The van der Waals surface area contributed by atoms with Crippen molar-refractivity contribution in [3.63, 3.8) is 0 Å². The maximum Gasteiger partial charge on any atom is 0.416 e. The van der Waals surface area contributed by atoms with E-state index >= 15 is 0 Å². The number of rotatable bonds is 4. The van der Waals surface area contributed by atoms with Crippen molar-refractivity contribution in [1.82, 2.24) is 14.7 Å². The molecule has 0 bridgehead atoms. The highest BCUT2D eigenvalue weighted by molar-refractivity contribution is 5.99. The van der Waals surface area contributed by atoms with E-state index in [1.54, 1.807) is 40.2 Å². The number of fused-ring (bicyclic) bond motifs is 1. The summed E-state index contributed by atoms with van der Waals surface area (Å²) in [4.78, 5) is 14.8. The Bertz CT molecular complexity index is 1200. The molecule has 1 fully saturated rings. The van der Waals surface area contributed by atoms with Gasteiger partial charge in [-0.25, -0.2) is 4.68 Å².